The highest BCUT2D eigenvalue weighted by Gasteiger charge is 2.35. The number of sulfonamides is 1. The zero-order chi connectivity index (χ0) is 13.2. The molecule has 0 aromatic rings. The minimum absolute atomic E-state index is 0.176. The van der Waals surface area contributed by atoms with Gasteiger partial charge >= 0.3 is 0 Å². The summed E-state index contributed by atoms with van der Waals surface area (Å²) in [6, 6.07) is 0.352. The molecule has 1 unspecified atom stereocenters. The van der Waals surface area contributed by atoms with Crippen molar-refractivity contribution in [2.24, 2.45) is 5.92 Å². The lowest BCUT2D eigenvalue weighted by molar-refractivity contribution is 0.202. The minimum atomic E-state index is -3.09. The summed E-state index contributed by atoms with van der Waals surface area (Å²) in [5.41, 5.74) is 0. The van der Waals surface area contributed by atoms with Crippen LogP contribution < -0.4 is 5.32 Å². The van der Waals surface area contributed by atoms with Gasteiger partial charge < -0.3 is 5.32 Å². The average Bonchev–Trinajstić information content (AvgIpc) is 2.28. The van der Waals surface area contributed by atoms with Gasteiger partial charge in [-0.1, -0.05) is 6.42 Å². The number of nitrogens with zero attached hydrogens (tertiary/aromatic N) is 1. The van der Waals surface area contributed by atoms with Crippen molar-refractivity contribution in [3.05, 3.63) is 0 Å². The molecule has 4 nitrogen and oxygen atoms in total. The fourth-order valence-corrected chi connectivity index (χ4v) is 5.76. The van der Waals surface area contributed by atoms with Gasteiger partial charge in [0.15, 0.2) is 0 Å². The second-order valence-corrected chi connectivity index (χ2v) is 7.87. The number of hydrogen-bond donors (Lipinski definition) is 1. The smallest absolute Gasteiger partial charge is 0.214 e. The molecule has 0 amide bonds. The highest BCUT2D eigenvalue weighted by atomic mass is 32.2. The van der Waals surface area contributed by atoms with Gasteiger partial charge in [0.2, 0.25) is 10.0 Å². The molecule has 5 heteroatoms. The Morgan fingerprint density at radius 3 is 2.33 bits per heavy atom. The first-order valence-corrected chi connectivity index (χ1v) is 8.83. The topological polar surface area (TPSA) is 49.4 Å². The largest absolute Gasteiger partial charge is 0.316 e. The van der Waals surface area contributed by atoms with E-state index in [-0.39, 0.29) is 12.1 Å². The van der Waals surface area contributed by atoms with Gasteiger partial charge in [0.05, 0.1) is 5.75 Å². The van der Waals surface area contributed by atoms with Gasteiger partial charge in [-0.2, -0.15) is 4.31 Å². The second-order valence-electron chi connectivity index (χ2n) is 5.95. The molecule has 2 fully saturated rings. The summed E-state index contributed by atoms with van der Waals surface area (Å²) in [6.07, 6.45) is 5.31. The first kappa shape index (κ1) is 14.3. The third-order valence-electron chi connectivity index (χ3n) is 4.28. The van der Waals surface area contributed by atoms with Crippen LogP contribution in [0, 0.1) is 5.92 Å². The van der Waals surface area contributed by atoms with Crippen molar-refractivity contribution in [3.63, 3.8) is 0 Å². The molecule has 0 aromatic carbocycles. The van der Waals surface area contributed by atoms with Gasteiger partial charge in [0.1, 0.15) is 0 Å². The van der Waals surface area contributed by atoms with Crippen molar-refractivity contribution in [3.8, 4) is 0 Å². The Morgan fingerprint density at radius 2 is 1.78 bits per heavy atom. The Labute approximate surface area is 111 Å². The molecule has 2 heterocycles. The predicted molar refractivity (Wildman–Crippen MR) is 74.0 cm³/mol. The van der Waals surface area contributed by atoms with E-state index in [4.69, 9.17) is 0 Å². The van der Waals surface area contributed by atoms with E-state index in [1.54, 1.807) is 4.31 Å². The van der Waals surface area contributed by atoms with Gasteiger partial charge in [-0.3, -0.25) is 0 Å². The van der Waals surface area contributed by atoms with E-state index in [2.05, 4.69) is 5.32 Å². The van der Waals surface area contributed by atoms with Gasteiger partial charge in [-0.15, -0.1) is 0 Å². The number of piperidine rings is 2. The zero-order valence-corrected chi connectivity index (χ0v) is 12.4. The monoisotopic (exact) mass is 274 g/mol. The zero-order valence-electron chi connectivity index (χ0n) is 11.6. The fraction of sp³-hybridized carbons (Fsp3) is 1.00. The highest BCUT2D eigenvalue weighted by Crippen LogP contribution is 2.27. The highest BCUT2D eigenvalue weighted by molar-refractivity contribution is 7.89. The molecule has 0 aliphatic carbocycles. The molecular formula is C13H26N2O2S. The molecule has 0 saturated carbocycles. The summed E-state index contributed by atoms with van der Waals surface area (Å²) in [7, 11) is -3.09. The van der Waals surface area contributed by atoms with Gasteiger partial charge in [0, 0.05) is 12.1 Å². The van der Waals surface area contributed by atoms with Crippen LogP contribution in [0.5, 0.6) is 0 Å². The fourth-order valence-electron chi connectivity index (χ4n) is 3.40. The molecule has 106 valence electrons. The standard InChI is InChI=1S/C13H26N2O2S/c1-11-5-3-6-12(2)15(11)18(16,17)10-13-7-4-8-14-9-13/h11-14H,3-10H2,1-2H3/t11-,12+,13?. The third kappa shape index (κ3) is 3.25. The minimum Gasteiger partial charge on any atom is -0.316 e. The van der Waals surface area contributed by atoms with Crippen LogP contribution in [0.3, 0.4) is 0 Å². The van der Waals surface area contributed by atoms with Crippen LogP contribution in [0.1, 0.15) is 46.0 Å². The van der Waals surface area contributed by atoms with Crippen LogP contribution in [-0.2, 0) is 10.0 Å². The van der Waals surface area contributed by atoms with Crippen molar-refractivity contribution in [1.29, 1.82) is 0 Å². The SMILES string of the molecule is C[C@@H]1CCC[C@H](C)N1S(=O)(=O)CC1CCCNC1. The lowest BCUT2D eigenvalue weighted by Crippen LogP contribution is -2.50. The summed E-state index contributed by atoms with van der Waals surface area (Å²) in [6.45, 7) is 5.99. The lowest BCUT2D eigenvalue weighted by Gasteiger charge is -2.38. The van der Waals surface area contributed by atoms with Crippen LogP contribution in [0.15, 0.2) is 0 Å². The van der Waals surface area contributed by atoms with Gasteiger partial charge in [-0.25, -0.2) is 8.42 Å². The lowest BCUT2D eigenvalue weighted by atomic mass is 10.0. The van der Waals surface area contributed by atoms with E-state index >= 15 is 0 Å². The number of rotatable bonds is 3. The van der Waals surface area contributed by atoms with E-state index < -0.39 is 10.0 Å². The molecule has 2 aliphatic heterocycles. The van der Waals surface area contributed by atoms with Crippen molar-refractivity contribution < 1.29 is 8.42 Å². The van der Waals surface area contributed by atoms with E-state index in [9.17, 15) is 8.42 Å². The van der Waals surface area contributed by atoms with Crippen LogP contribution in [-0.4, -0.2) is 43.6 Å². The molecule has 1 N–H and O–H groups in total. The summed E-state index contributed by atoms with van der Waals surface area (Å²) in [5.74, 6) is 0.624. The molecule has 0 spiro atoms. The molecule has 2 saturated heterocycles. The molecule has 2 rings (SSSR count). The Balaban J connectivity index is 2.04. The number of hydrogen-bond acceptors (Lipinski definition) is 3. The van der Waals surface area contributed by atoms with Crippen LogP contribution in [0.25, 0.3) is 0 Å². The van der Waals surface area contributed by atoms with E-state index in [0.29, 0.717) is 11.7 Å². The average molecular weight is 274 g/mol. The van der Waals surface area contributed by atoms with Crippen molar-refractivity contribution in [1.82, 2.24) is 9.62 Å². The Kier molecular flexibility index (Phi) is 4.67. The van der Waals surface area contributed by atoms with Crippen molar-refractivity contribution >= 4 is 10.0 Å². The van der Waals surface area contributed by atoms with Crippen molar-refractivity contribution in [2.45, 2.75) is 58.0 Å². The maximum absolute atomic E-state index is 12.6. The van der Waals surface area contributed by atoms with E-state index in [0.717, 1.165) is 45.2 Å². The molecule has 0 radical (unpaired) electrons. The first-order chi connectivity index (χ1) is 8.50. The van der Waals surface area contributed by atoms with E-state index in [1.165, 1.54) is 0 Å². The molecule has 18 heavy (non-hydrogen) atoms. The molecule has 0 aromatic heterocycles. The maximum atomic E-state index is 12.6. The number of nitrogens with one attached hydrogen (secondary N) is 1. The Morgan fingerprint density at radius 1 is 1.11 bits per heavy atom. The molecule has 0 bridgehead atoms. The Bertz CT molecular complexity index is 353. The van der Waals surface area contributed by atoms with Crippen LogP contribution in [0.4, 0.5) is 0 Å². The van der Waals surface area contributed by atoms with Crippen molar-refractivity contribution in [2.75, 3.05) is 18.8 Å². The summed E-state index contributed by atoms with van der Waals surface area (Å²) in [5, 5.41) is 3.30. The summed E-state index contributed by atoms with van der Waals surface area (Å²) < 4.78 is 26.9. The molecular weight excluding hydrogens is 248 g/mol. The first-order valence-electron chi connectivity index (χ1n) is 7.22. The second kappa shape index (κ2) is 5.88. The third-order valence-corrected chi connectivity index (χ3v) is 6.53. The quantitative estimate of drug-likeness (QED) is 0.850. The van der Waals surface area contributed by atoms with Crippen LogP contribution >= 0.6 is 0 Å². The summed E-state index contributed by atoms with van der Waals surface area (Å²) >= 11 is 0. The molecule has 3 atom stereocenters. The normalized spacial score (nSPS) is 35.6. The molecule has 2 aliphatic rings. The summed E-state index contributed by atoms with van der Waals surface area (Å²) in [4.78, 5) is 0. The van der Waals surface area contributed by atoms with Gasteiger partial charge in [0.25, 0.3) is 0 Å². The predicted octanol–water partition coefficient (Wildman–Crippen LogP) is 1.58. The Hall–Kier alpha value is -0.130. The van der Waals surface area contributed by atoms with Gasteiger partial charge in [-0.05, 0) is 58.5 Å². The van der Waals surface area contributed by atoms with Crippen LogP contribution in [0.2, 0.25) is 0 Å². The maximum Gasteiger partial charge on any atom is 0.214 e. The van der Waals surface area contributed by atoms with E-state index in [1.807, 2.05) is 13.8 Å².